The van der Waals surface area contributed by atoms with E-state index in [1.165, 1.54) is 0 Å². The maximum atomic E-state index is 15.0. The van der Waals surface area contributed by atoms with E-state index in [0.29, 0.717) is 22.3 Å². The Morgan fingerprint density at radius 3 is 0.667 bits per heavy atom. The van der Waals surface area contributed by atoms with Crippen molar-refractivity contribution in [1.82, 2.24) is 0 Å². The van der Waals surface area contributed by atoms with Gasteiger partial charge in [-0.05, 0) is 129 Å². The minimum absolute atomic E-state index is 0.172. The highest BCUT2D eigenvalue weighted by atomic mass is 16.1. The Balaban J connectivity index is 0.985. The molecule has 0 radical (unpaired) electrons. The Hall–Kier alpha value is -8.86. The van der Waals surface area contributed by atoms with Gasteiger partial charge in [0.05, 0.1) is 0 Å². The summed E-state index contributed by atoms with van der Waals surface area (Å²) in [6, 6.07) is 86.3. The third-order valence-corrected chi connectivity index (χ3v) is 12.4. The summed E-state index contributed by atoms with van der Waals surface area (Å²) in [5.74, 6) is -0.365. The van der Waals surface area contributed by atoms with E-state index in [9.17, 15) is 9.59 Å². The van der Waals surface area contributed by atoms with Crippen molar-refractivity contribution in [3.63, 3.8) is 0 Å². The van der Waals surface area contributed by atoms with Gasteiger partial charge >= 0.3 is 0 Å². The lowest BCUT2D eigenvalue weighted by Gasteiger charge is -2.29. The van der Waals surface area contributed by atoms with Gasteiger partial charge in [-0.1, -0.05) is 170 Å². The number of hydrogen-bond acceptors (Lipinski definition) is 4. The third kappa shape index (κ3) is 7.67. The van der Waals surface area contributed by atoms with Crippen LogP contribution in [0.25, 0.3) is 44.5 Å². The number of benzene rings is 10. The number of nitrogens with zero attached hydrogens (tertiary/aromatic N) is 2. The van der Waals surface area contributed by atoms with E-state index in [-0.39, 0.29) is 11.6 Å². The topological polar surface area (TPSA) is 40.6 Å². The molecule has 1 aliphatic rings. The average molecular weight is 847 g/mol. The zero-order valence-electron chi connectivity index (χ0n) is 36.0. The molecule has 1 aliphatic carbocycles. The molecule has 66 heavy (non-hydrogen) atoms. The largest absolute Gasteiger partial charge is 0.310 e. The Labute approximate surface area is 385 Å². The minimum atomic E-state index is -0.194. The van der Waals surface area contributed by atoms with Crippen molar-refractivity contribution in [2.45, 2.75) is 0 Å². The Morgan fingerprint density at radius 1 is 0.197 bits per heavy atom. The number of ketones is 2. The second-order valence-electron chi connectivity index (χ2n) is 16.4. The average Bonchev–Trinajstić information content (AvgIpc) is 3.40. The molecule has 0 atom stereocenters. The summed E-state index contributed by atoms with van der Waals surface area (Å²) < 4.78 is 0. The fraction of sp³-hybridized carbons (Fsp3) is 0. The zero-order chi connectivity index (χ0) is 44.4. The van der Waals surface area contributed by atoms with Crippen LogP contribution in [0.1, 0.15) is 31.8 Å². The van der Waals surface area contributed by atoms with Crippen molar-refractivity contribution in [2.24, 2.45) is 0 Å². The molecule has 0 aromatic heterocycles. The summed E-state index contributed by atoms with van der Waals surface area (Å²) in [5, 5.41) is 0. The molecule has 0 unspecified atom stereocenters. The monoisotopic (exact) mass is 846 g/mol. The van der Waals surface area contributed by atoms with Crippen molar-refractivity contribution >= 4 is 45.7 Å². The van der Waals surface area contributed by atoms with Gasteiger partial charge < -0.3 is 9.80 Å². The van der Waals surface area contributed by atoms with Crippen molar-refractivity contribution in [2.75, 3.05) is 9.80 Å². The summed E-state index contributed by atoms with van der Waals surface area (Å²) in [6.07, 6.45) is 0. The molecule has 0 aliphatic heterocycles. The highest BCUT2D eigenvalue weighted by Crippen LogP contribution is 2.42. The first-order valence-corrected chi connectivity index (χ1v) is 22.2. The molecule has 4 heteroatoms. The summed E-state index contributed by atoms with van der Waals surface area (Å²) >= 11 is 0. The standard InChI is InChI=1S/C62H42N2O2/c65-61-57-39-37-55(63(51-29-21-47(22-30-51)43-13-5-1-6-14-43)52-31-23-48(24-32-52)44-15-7-2-8-16-44)41-59(57)62(66)60-42-56(38-40-58(60)61)64(53-33-25-49(26-34-53)45-17-9-3-10-18-45)54-35-27-50(28-36-54)46-19-11-4-12-20-46/h1-42H. The first kappa shape index (κ1) is 40.0. The number of anilines is 6. The van der Waals surface area contributed by atoms with E-state index < -0.39 is 0 Å². The third-order valence-electron chi connectivity index (χ3n) is 12.4. The molecule has 0 fully saturated rings. The molecule has 0 N–H and O–H groups in total. The molecule has 0 saturated heterocycles. The van der Waals surface area contributed by atoms with Crippen LogP contribution in [-0.2, 0) is 0 Å². The van der Waals surface area contributed by atoms with Crippen LogP contribution >= 0.6 is 0 Å². The molecule has 0 bridgehead atoms. The van der Waals surface area contributed by atoms with Gasteiger partial charge in [0.1, 0.15) is 0 Å². The summed E-state index contributed by atoms with van der Waals surface area (Å²) in [6.45, 7) is 0. The predicted octanol–water partition coefficient (Wildman–Crippen LogP) is 16.1. The number of carbonyl (C=O) groups excluding carboxylic acids is 2. The van der Waals surface area contributed by atoms with Crippen molar-refractivity contribution < 1.29 is 9.59 Å². The quantitative estimate of drug-likeness (QED) is 0.137. The molecule has 11 rings (SSSR count). The number of fused-ring (bicyclic) bond motifs is 2. The fourth-order valence-electron chi connectivity index (χ4n) is 9.03. The second-order valence-corrected chi connectivity index (χ2v) is 16.4. The maximum absolute atomic E-state index is 15.0. The second kappa shape index (κ2) is 17.4. The van der Waals surface area contributed by atoms with Crippen molar-refractivity contribution in [1.29, 1.82) is 0 Å². The van der Waals surface area contributed by atoms with E-state index in [1.54, 1.807) is 12.1 Å². The van der Waals surface area contributed by atoms with Gasteiger partial charge in [0.25, 0.3) is 0 Å². The van der Waals surface area contributed by atoms with E-state index in [0.717, 1.165) is 78.6 Å². The van der Waals surface area contributed by atoms with Crippen LogP contribution in [0.3, 0.4) is 0 Å². The molecule has 0 spiro atoms. The van der Waals surface area contributed by atoms with Gasteiger partial charge in [0.2, 0.25) is 0 Å². The molecule has 10 aromatic rings. The Kier molecular flexibility index (Phi) is 10.5. The number of rotatable bonds is 10. The van der Waals surface area contributed by atoms with E-state index in [4.69, 9.17) is 0 Å². The molecule has 312 valence electrons. The van der Waals surface area contributed by atoms with Gasteiger partial charge in [-0.3, -0.25) is 9.59 Å². The number of hydrogen-bond donors (Lipinski definition) is 0. The SMILES string of the molecule is O=C1c2ccc(N(c3ccc(-c4ccccc4)cc3)c3ccc(-c4ccccc4)cc3)cc2C(=O)c2cc(N(c3ccc(-c4ccccc4)cc3)c3ccc(-c4ccccc4)cc3)ccc21. The molecular weight excluding hydrogens is 805 g/mol. The van der Waals surface area contributed by atoms with Gasteiger partial charge in [0.15, 0.2) is 11.6 Å². The molecule has 10 aromatic carbocycles. The molecular formula is C62H42N2O2. The highest BCUT2D eigenvalue weighted by molar-refractivity contribution is 6.29. The van der Waals surface area contributed by atoms with Crippen molar-refractivity contribution in [3.05, 3.63) is 277 Å². The lowest BCUT2D eigenvalue weighted by Crippen LogP contribution is -2.22. The van der Waals surface area contributed by atoms with E-state index in [2.05, 4.69) is 155 Å². The normalized spacial score (nSPS) is 11.7. The van der Waals surface area contributed by atoms with Crippen LogP contribution in [-0.4, -0.2) is 11.6 Å². The first-order chi connectivity index (χ1) is 32.6. The van der Waals surface area contributed by atoms with E-state index in [1.807, 2.05) is 97.1 Å². The highest BCUT2D eigenvalue weighted by Gasteiger charge is 2.32. The molecule has 0 saturated carbocycles. The Morgan fingerprint density at radius 2 is 0.409 bits per heavy atom. The smallest absolute Gasteiger partial charge is 0.194 e. The fourth-order valence-corrected chi connectivity index (χ4v) is 9.03. The molecule has 0 amide bonds. The summed E-state index contributed by atoms with van der Waals surface area (Å²) in [4.78, 5) is 33.7. The van der Waals surface area contributed by atoms with Crippen LogP contribution in [0.2, 0.25) is 0 Å². The van der Waals surface area contributed by atoms with Gasteiger partial charge in [-0.2, -0.15) is 0 Å². The van der Waals surface area contributed by atoms with Crippen LogP contribution < -0.4 is 9.80 Å². The van der Waals surface area contributed by atoms with Crippen LogP contribution in [0, 0.1) is 0 Å². The maximum Gasteiger partial charge on any atom is 0.194 e. The van der Waals surface area contributed by atoms with Gasteiger partial charge in [-0.15, -0.1) is 0 Å². The Bertz CT molecular complexity index is 2940. The number of carbonyl (C=O) groups is 2. The van der Waals surface area contributed by atoms with Crippen molar-refractivity contribution in [3.8, 4) is 44.5 Å². The lowest BCUT2D eigenvalue weighted by molar-refractivity contribution is 0.0979. The van der Waals surface area contributed by atoms with Crippen LogP contribution in [0.15, 0.2) is 255 Å². The predicted molar refractivity (Wildman–Crippen MR) is 271 cm³/mol. The summed E-state index contributed by atoms with van der Waals surface area (Å²) in [7, 11) is 0. The summed E-state index contributed by atoms with van der Waals surface area (Å²) in [5.41, 5.74) is 15.7. The van der Waals surface area contributed by atoms with E-state index >= 15 is 0 Å². The molecule has 4 nitrogen and oxygen atoms in total. The van der Waals surface area contributed by atoms with Crippen LogP contribution in [0.4, 0.5) is 34.1 Å². The first-order valence-electron chi connectivity index (χ1n) is 22.2. The van der Waals surface area contributed by atoms with Crippen LogP contribution in [0.5, 0.6) is 0 Å². The minimum Gasteiger partial charge on any atom is -0.310 e. The lowest BCUT2D eigenvalue weighted by atomic mass is 9.83. The van der Waals surface area contributed by atoms with Gasteiger partial charge in [0, 0.05) is 56.4 Å². The van der Waals surface area contributed by atoms with Gasteiger partial charge in [-0.25, -0.2) is 0 Å². The molecule has 0 heterocycles. The zero-order valence-corrected chi connectivity index (χ0v) is 36.0.